The number of rotatable bonds is 8. The van der Waals surface area contributed by atoms with Crippen molar-refractivity contribution in [3.05, 3.63) is 59.7 Å². The summed E-state index contributed by atoms with van der Waals surface area (Å²) in [5.41, 5.74) is 2.45. The van der Waals surface area contributed by atoms with Crippen LogP contribution in [-0.2, 0) is 6.54 Å². The van der Waals surface area contributed by atoms with Gasteiger partial charge in [0.15, 0.2) is 0 Å². The maximum atomic E-state index is 9.33. The van der Waals surface area contributed by atoms with E-state index in [1.807, 2.05) is 24.3 Å². The van der Waals surface area contributed by atoms with E-state index >= 15 is 0 Å². The average molecular weight is 317 g/mol. The van der Waals surface area contributed by atoms with E-state index in [1.54, 1.807) is 18.9 Å². The third-order valence-corrected chi connectivity index (χ3v) is 4.51. The topological polar surface area (TPSA) is 41.5 Å². The molecule has 0 saturated carbocycles. The van der Waals surface area contributed by atoms with Crippen LogP contribution in [0.15, 0.2) is 53.4 Å². The maximum Gasteiger partial charge on any atom is 0.118 e. The van der Waals surface area contributed by atoms with Crippen molar-refractivity contribution in [1.82, 2.24) is 5.32 Å². The summed E-state index contributed by atoms with van der Waals surface area (Å²) in [6, 6.07) is 16.5. The van der Waals surface area contributed by atoms with Gasteiger partial charge in [-0.25, -0.2) is 0 Å². The molecule has 2 rings (SSSR count). The molecule has 0 aromatic heterocycles. The van der Waals surface area contributed by atoms with Crippen LogP contribution >= 0.6 is 11.8 Å². The molecular formula is C18H23NO2S. The molecule has 2 N–H and O–H groups in total. The predicted molar refractivity (Wildman–Crippen MR) is 92.5 cm³/mol. The van der Waals surface area contributed by atoms with Crippen LogP contribution in [-0.4, -0.2) is 25.1 Å². The largest absolute Gasteiger partial charge is 0.497 e. The highest BCUT2D eigenvalue weighted by atomic mass is 32.2. The lowest BCUT2D eigenvalue weighted by Crippen LogP contribution is -2.22. The van der Waals surface area contributed by atoms with Crippen LogP contribution in [0, 0.1) is 0 Å². The lowest BCUT2D eigenvalue weighted by atomic mass is 10.0. The summed E-state index contributed by atoms with van der Waals surface area (Å²) in [5.74, 6) is 0.847. The molecule has 0 radical (unpaired) electrons. The van der Waals surface area contributed by atoms with Crippen molar-refractivity contribution in [2.24, 2.45) is 0 Å². The Hall–Kier alpha value is -1.49. The summed E-state index contributed by atoms with van der Waals surface area (Å²) in [6.45, 7) is 0.946. The van der Waals surface area contributed by atoms with Gasteiger partial charge >= 0.3 is 0 Å². The Morgan fingerprint density at radius 2 is 1.86 bits per heavy atom. The molecule has 1 atom stereocenters. The third-order valence-electron chi connectivity index (χ3n) is 3.67. The van der Waals surface area contributed by atoms with E-state index in [1.165, 1.54) is 10.5 Å². The van der Waals surface area contributed by atoms with Crippen LogP contribution in [0.1, 0.15) is 23.6 Å². The molecule has 1 unspecified atom stereocenters. The Morgan fingerprint density at radius 1 is 1.14 bits per heavy atom. The summed E-state index contributed by atoms with van der Waals surface area (Å²) in [5, 5.41) is 12.9. The van der Waals surface area contributed by atoms with Gasteiger partial charge in [0.05, 0.1) is 7.11 Å². The van der Waals surface area contributed by atoms with E-state index in [9.17, 15) is 5.11 Å². The van der Waals surface area contributed by atoms with Gasteiger partial charge < -0.3 is 15.2 Å². The van der Waals surface area contributed by atoms with Gasteiger partial charge in [0.2, 0.25) is 0 Å². The molecule has 0 amide bonds. The van der Waals surface area contributed by atoms with Gasteiger partial charge in [-0.15, -0.1) is 11.8 Å². The van der Waals surface area contributed by atoms with Crippen LogP contribution in [0.4, 0.5) is 0 Å². The molecule has 0 aliphatic carbocycles. The van der Waals surface area contributed by atoms with Crippen molar-refractivity contribution in [3.63, 3.8) is 0 Å². The number of methoxy groups -OCH3 is 1. The lowest BCUT2D eigenvalue weighted by Gasteiger charge is -2.19. The summed E-state index contributed by atoms with van der Waals surface area (Å²) in [7, 11) is 1.66. The van der Waals surface area contributed by atoms with E-state index in [4.69, 9.17) is 4.74 Å². The van der Waals surface area contributed by atoms with Crippen LogP contribution < -0.4 is 10.1 Å². The molecule has 2 aromatic carbocycles. The van der Waals surface area contributed by atoms with Crippen molar-refractivity contribution in [1.29, 1.82) is 0 Å². The fourth-order valence-corrected chi connectivity index (χ4v) is 3.05. The second-order valence-corrected chi connectivity index (χ2v) is 5.88. The van der Waals surface area contributed by atoms with Gasteiger partial charge in [-0.05, 0) is 42.0 Å². The minimum atomic E-state index is 0.130. The Bertz CT molecular complexity index is 572. The predicted octanol–water partition coefficient (Wildman–Crippen LogP) is 3.63. The molecule has 4 heteroatoms. The Balaban J connectivity index is 2.07. The first-order valence-electron chi connectivity index (χ1n) is 7.38. The fourth-order valence-electron chi connectivity index (χ4n) is 2.43. The second-order valence-electron chi connectivity index (χ2n) is 5.03. The normalized spacial score (nSPS) is 12.1. The number of hydrogen-bond donors (Lipinski definition) is 2. The molecule has 2 aromatic rings. The highest BCUT2D eigenvalue weighted by Gasteiger charge is 2.11. The molecule has 3 nitrogen and oxygen atoms in total. The molecule has 0 aliphatic heterocycles. The smallest absolute Gasteiger partial charge is 0.118 e. The van der Waals surface area contributed by atoms with Crippen molar-refractivity contribution >= 4 is 11.8 Å². The van der Waals surface area contributed by atoms with Gasteiger partial charge in [-0.1, -0.05) is 30.3 Å². The molecule has 0 heterocycles. The molecule has 22 heavy (non-hydrogen) atoms. The zero-order chi connectivity index (χ0) is 15.8. The molecule has 118 valence electrons. The number of aliphatic hydroxyl groups is 1. The van der Waals surface area contributed by atoms with Crippen molar-refractivity contribution < 1.29 is 9.84 Å². The number of aliphatic hydroxyl groups excluding tert-OH is 1. The van der Waals surface area contributed by atoms with E-state index in [0.29, 0.717) is 6.42 Å². The Labute approximate surface area is 136 Å². The first kappa shape index (κ1) is 16.9. The monoisotopic (exact) mass is 317 g/mol. The first-order valence-corrected chi connectivity index (χ1v) is 8.61. The van der Waals surface area contributed by atoms with Gasteiger partial charge in [0.1, 0.15) is 5.75 Å². The zero-order valence-electron chi connectivity index (χ0n) is 13.1. The Kier molecular flexibility index (Phi) is 6.77. The molecule has 0 aliphatic rings. The SMILES string of the molecule is COc1ccc(C(CCO)NCc2ccccc2SC)cc1. The molecule has 0 saturated heterocycles. The molecular weight excluding hydrogens is 294 g/mol. The molecule has 0 spiro atoms. The third kappa shape index (κ3) is 4.50. The van der Waals surface area contributed by atoms with E-state index in [0.717, 1.165) is 17.9 Å². The van der Waals surface area contributed by atoms with Gasteiger partial charge in [0, 0.05) is 24.1 Å². The van der Waals surface area contributed by atoms with Crippen LogP contribution in [0.25, 0.3) is 0 Å². The van der Waals surface area contributed by atoms with Crippen molar-refractivity contribution in [2.45, 2.75) is 23.9 Å². The lowest BCUT2D eigenvalue weighted by molar-refractivity contribution is 0.265. The van der Waals surface area contributed by atoms with Crippen LogP contribution in [0.2, 0.25) is 0 Å². The standard InChI is InChI=1S/C18H23NO2S/c1-21-16-9-7-14(8-10-16)17(11-12-20)19-13-15-5-3-4-6-18(15)22-2/h3-10,17,19-20H,11-13H2,1-2H3. The van der Waals surface area contributed by atoms with Crippen LogP contribution in [0.3, 0.4) is 0 Å². The minimum absolute atomic E-state index is 0.130. The maximum absolute atomic E-state index is 9.33. The average Bonchev–Trinajstić information content (AvgIpc) is 2.59. The number of nitrogens with one attached hydrogen (secondary N) is 1. The van der Waals surface area contributed by atoms with Gasteiger partial charge in [-0.3, -0.25) is 0 Å². The first-order chi connectivity index (χ1) is 10.8. The number of benzene rings is 2. The highest BCUT2D eigenvalue weighted by molar-refractivity contribution is 7.98. The molecule has 0 bridgehead atoms. The summed E-state index contributed by atoms with van der Waals surface area (Å²) in [4.78, 5) is 1.28. The van der Waals surface area contributed by atoms with Crippen molar-refractivity contribution in [2.75, 3.05) is 20.0 Å². The quantitative estimate of drug-likeness (QED) is 0.730. The number of thioether (sulfide) groups is 1. The Morgan fingerprint density at radius 3 is 2.50 bits per heavy atom. The van der Waals surface area contributed by atoms with Gasteiger partial charge in [-0.2, -0.15) is 0 Å². The van der Waals surface area contributed by atoms with E-state index in [2.05, 4.69) is 35.8 Å². The number of ether oxygens (including phenoxy) is 1. The molecule has 0 fully saturated rings. The zero-order valence-corrected chi connectivity index (χ0v) is 13.9. The summed E-state index contributed by atoms with van der Waals surface area (Å²) >= 11 is 1.76. The van der Waals surface area contributed by atoms with Crippen LogP contribution in [0.5, 0.6) is 5.75 Å². The summed E-state index contributed by atoms with van der Waals surface area (Å²) < 4.78 is 5.20. The van der Waals surface area contributed by atoms with Crippen molar-refractivity contribution in [3.8, 4) is 5.75 Å². The van der Waals surface area contributed by atoms with E-state index in [-0.39, 0.29) is 12.6 Å². The van der Waals surface area contributed by atoms with E-state index < -0.39 is 0 Å². The minimum Gasteiger partial charge on any atom is -0.497 e. The number of hydrogen-bond acceptors (Lipinski definition) is 4. The summed E-state index contributed by atoms with van der Waals surface area (Å²) in [6.07, 6.45) is 2.78. The highest BCUT2D eigenvalue weighted by Crippen LogP contribution is 2.23. The second kappa shape index (κ2) is 8.83. The fraction of sp³-hybridized carbons (Fsp3) is 0.333. The van der Waals surface area contributed by atoms with Gasteiger partial charge in [0.25, 0.3) is 0 Å².